The van der Waals surface area contributed by atoms with E-state index in [0.29, 0.717) is 24.5 Å². The molecular formula is C21H25N5O3. The molecule has 2 aromatic carbocycles. The molecule has 0 radical (unpaired) electrons. The standard InChI is InChI=1S/C21H25N5O3/c1-22-20(28)24-18-11-9-17(10-12-18)23-19(27)15-6-5-13-26(14-15)21(29)25-16-7-3-2-4-8-16/h2-4,7-12,15H,5-6,13-14H2,1H3,(H,23,27)(H,25,29)(H2,22,24,28). The molecule has 2 aromatic rings. The summed E-state index contributed by atoms with van der Waals surface area (Å²) in [6.07, 6.45) is 1.51. The molecule has 1 fully saturated rings. The third-order valence-electron chi connectivity index (χ3n) is 4.74. The molecule has 0 aliphatic carbocycles. The Kier molecular flexibility index (Phi) is 6.67. The Bertz CT molecular complexity index is 854. The quantitative estimate of drug-likeness (QED) is 0.638. The van der Waals surface area contributed by atoms with E-state index in [1.165, 1.54) is 7.05 Å². The zero-order valence-electron chi connectivity index (χ0n) is 16.3. The molecule has 4 N–H and O–H groups in total. The molecule has 1 atom stereocenters. The van der Waals surface area contributed by atoms with E-state index in [0.717, 1.165) is 18.5 Å². The summed E-state index contributed by atoms with van der Waals surface area (Å²) in [6.45, 7) is 1.00. The number of hydrogen-bond acceptors (Lipinski definition) is 3. The highest BCUT2D eigenvalue weighted by Gasteiger charge is 2.28. The van der Waals surface area contributed by atoms with Crippen molar-refractivity contribution in [3.63, 3.8) is 0 Å². The van der Waals surface area contributed by atoms with E-state index in [1.54, 1.807) is 29.2 Å². The van der Waals surface area contributed by atoms with Gasteiger partial charge in [0.15, 0.2) is 0 Å². The second-order valence-corrected chi connectivity index (χ2v) is 6.85. The molecule has 152 valence electrons. The molecule has 0 bridgehead atoms. The lowest BCUT2D eigenvalue weighted by molar-refractivity contribution is -0.121. The van der Waals surface area contributed by atoms with Gasteiger partial charge >= 0.3 is 12.1 Å². The first-order chi connectivity index (χ1) is 14.0. The van der Waals surface area contributed by atoms with Crippen molar-refractivity contribution in [1.82, 2.24) is 10.2 Å². The molecule has 1 unspecified atom stereocenters. The Labute approximate surface area is 169 Å². The molecule has 0 aromatic heterocycles. The maximum atomic E-state index is 12.7. The molecule has 3 rings (SSSR count). The van der Waals surface area contributed by atoms with E-state index in [-0.39, 0.29) is 23.9 Å². The SMILES string of the molecule is CNC(=O)Nc1ccc(NC(=O)C2CCCN(C(=O)Nc3ccccc3)C2)cc1. The fourth-order valence-corrected chi connectivity index (χ4v) is 3.17. The lowest BCUT2D eigenvalue weighted by Gasteiger charge is -2.32. The normalized spacial score (nSPS) is 15.9. The third kappa shape index (κ3) is 5.71. The molecule has 8 heteroatoms. The van der Waals surface area contributed by atoms with Gasteiger partial charge in [-0.05, 0) is 49.2 Å². The van der Waals surface area contributed by atoms with Crippen LogP contribution in [0.3, 0.4) is 0 Å². The van der Waals surface area contributed by atoms with Crippen LogP contribution in [-0.2, 0) is 4.79 Å². The molecule has 1 saturated heterocycles. The number of hydrogen-bond donors (Lipinski definition) is 4. The maximum absolute atomic E-state index is 12.7. The fraction of sp³-hybridized carbons (Fsp3) is 0.286. The zero-order valence-corrected chi connectivity index (χ0v) is 16.3. The first kappa shape index (κ1) is 20.2. The molecule has 1 aliphatic rings. The summed E-state index contributed by atoms with van der Waals surface area (Å²) in [4.78, 5) is 38.1. The van der Waals surface area contributed by atoms with Crippen molar-refractivity contribution in [2.24, 2.45) is 5.92 Å². The minimum Gasteiger partial charge on any atom is -0.341 e. The number of carbonyl (C=O) groups excluding carboxylic acids is 3. The number of para-hydroxylation sites is 1. The minimum atomic E-state index is -0.308. The summed E-state index contributed by atoms with van der Waals surface area (Å²) in [7, 11) is 1.54. The highest BCUT2D eigenvalue weighted by Crippen LogP contribution is 2.21. The van der Waals surface area contributed by atoms with Crippen LogP contribution < -0.4 is 21.3 Å². The molecule has 1 heterocycles. The largest absolute Gasteiger partial charge is 0.341 e. The predicted octanol–water partition coefficient (Wildman–Crippen LogP) is 3.32. The lowest BCUT2D eigenvalue weighted by Crippen LogP contribution is -2.45. The van der Waals surface area contributed by atoms with E-state index in [4.69, 9.17) is 0 Å². The Morgan fingerprint density at radius 3 is 2.14 bits per heavy atom. The van der Waals surface area contributed by atoms with Gasteiger partial charge in [0, 0.05) is 37.2 Å². The van der Waals surface area contributed by atoms with E-state index in [9.17, 15) is 14.4 Å². The van der Waals surface area contributed by atoms with Gasteiger partial charge in [-0.3, -0.25) is 4.79 Å². The Morgan fingerprint density at radius 2 is 1.48 bits per heavy atom. The average Bonchev–Trinajstić information content (AvgIpc) is 2.75. The monoisotopic (exact) mass is 395 g/mol. The van der Waals surface area contributed by atoms with Crippen molar-refractivity contribution in [3.8, 4) is 0 Å². The van der Waals surface area contributed by atoms with Gasteiger partial charge in [-0.1, -0.05) is 18.2 Å². The number of amides is 5. The van der Waals surface area contributed by atoms with Crippen LogP contribution in [-0.4, -0.2) is 43.0 Å². The zero-order chi connectivity index (χ0) is 20.6. The number of rotatable bonds is 4. The summed E-state index contributed by atoms with van der Waals surface area (Å²) in [5.74, 6) is -0.386. The summed E-state index contributed by atoms with van der Waals surface area (Å²) in [5, 5.41) is 10.9. The number of carbonyl (C=O) groups is 3. The minimum absolute atomic E-state index is 0.116. The average molecular weight is 395 g/mol. The summed E-state index contributed by atoms with van der Waals surface area (Å²) < 4.78 is 0. The molecule has 29 heavy (non-hydrogen) atoms. The Hall–Kier alpha value is -3.55. The van der Waals surface area contributed by atoms with Crippen molar-refractivity contribution in [1.29, 1.82) is 0 Å². The van der Waals surface area contributed by atoms with Gasteiger partial charge in [-0.2, -0.15) is 0 Å². The molecule has 0 saturated carbocycles. The Balaban J connectivity index is 1.54. The molecule has 5 amide bonds. The highest BCUT2D eigenvalue weighted by atomic mass is 16.2. The molecule has 0 spiro atoms. The van der Waals surface area contributed by atoms with Crippen molar-refractivity contribution < 1.29 is 14.4 Å². The van der Waals surface area contributed by atoms with Gasteiger partial charge in [0.2, 0.25) is 5.91 Å². The number of nitrogens with one attached hydrogen (secondary N) is 4. The van der Waals surface area contributed by atoms with E-state index >= 15 is 0 Å². The van der Waals surface area contributed by atoms with Crippen LogP contribution in [0.4, 0.5) is 26.7 Å². The molecular weight excluding hydrogens is 370 g/mol. The van der Waals surface area contributed by atoms with Gasteiger partial charge in [0.05, 0.1) is 5.92 Å². The number of benzene rings is 2. The predicted molar refractivity (Wildman–Crippen MR) is 113 cm³/mol. The van der Waals surface area contributed by atoms with Gasteiger partial charge < -0.3 is 26.2 Å². The van der Waals surface area contributed by atoms with Gasteiger partial charge in [0.1, 0.15) is 0 Å². The van der Waals surface area contributed by atoms with Crippen molar-refractivity contribution in [2.75, 3.05) is 36.1 Å². The van der Waals surface area contributed by atoms with Crippen LogP contribution in [0.2, 0.25) is 0 Å². The van der Waals surface area contributed by atoms with Crippen molar-refractivity contribution in [3.05, 3.63) is 54.6 Å². The summed E-state index contributed by atoms with van der Waals surface area (Å²) >= 11 is 0. The topological polar surface area (TPSA) is 103 Å². The molecule has 1 aliphatic heterocycles. The first-order valence-electron chi connectivity index (χ1n) is 9.56. The van der Waals surface area contributed by atoms with Crippen LogP contribution in [0.15, 0.2) is 54.6 Å². The number of piperidine rings is 1. The number of urea groups is 2. The lowest BCUT2D eigenvalue weighted by atomic mass is 9.97. The number of anilines is 3. The van der Waals surface area contributed by atoms with Crippen LogP contribution in [0.25, 0.3) is 0 Å². The second kappa shape index (κ2) is 9.59. The Morgan fingerprint density at radius 1 is 0.862 bits per heavy atom. The maximum Gasteiger partial charge on any atom is 0.321 e. The van der Waals surface area contributed by atoms with Crippen LogP contribution in [0.5, 0.6) is 0 Å². The summed E-state index contributed by atoms with van der Waals surface area (Å²) in [6, 6.07) is 15.6. The molecule has 8 nitrogen and oxygen atoms in total. The van der Waals surface area contributed by atoms with Crippen molar-refractivity contribution >= 4 is 35.0 Å². The van der Waals surface area contributed by atoms with Crippen LogP contribution in [0, 0.1) is 5.92 Å². The van der Waals surface area contributed by atoms with Crippen LogP contribution in [0.1, 0.15) is 12.8 Å². The van der Waals surface area contributed by atoms with Gasteiger partial charge in [-0.25, -0.2) is 9.59 Å². The smallest absolute Gasteiger partial charge is 0.321 e. The van der Waals surface area contributed by atoms with E-state index in [1.807, 2.05) is 30.3 Å². The van der Waals surface area contributed by atoms with Crippen molar-refractivity contribution in [2.45, 2.75) is 12.8 Å². The number of nitrogens with zero attached hydrogens (tertiary/aromatic N) is 1. The van der Waals surface area contributed by atoms with E-state index in [2.05, 4.69) is 21.3 Å². The summed E-state index contributed by atoms with van der Waals surface area (Å²) in [5.41, 5.74) is 2.00. The van der Waals surface area contributed by atoms with Gasteiger partial charge in [0.25, 0.3) is 0 Å². The first-order valence-corrected chi connectivity index (χ1v) is 9.56. The highest BCUT2D eigenvalue weighted by molar-refractivity contribution is 5.95. The second-order valence-electron chi connectivity index (χ2n) is 6.85. The van der Waals surface area contributed by atoms with Gasteiger partial charge in [-0.15, -0.1) is 0 Å². The van der Waals surface area contributed by atoms with E-state index < -0.39 is 0 Å². The third-order valence-corrected chi connectivity index (χ3v) is 4.74. The number of likely N-dealkylation sites (tertiary alicyclic amines) is 1. The fourth-order valence-electron chi connectivity index (χ4n) is 3.17. The van der Waals surface area contributed by atoms with Crippen LogP contribution >= 0.6 is 0 Å².